The van der Waals surface area contributed by atoms with Crippen molar-refractivity contribution in [3.8, 4) is 11.5 Å². The van der Waals surface area contributed by atoms with E-state index in [1.54, 1.807) is 20.3 Å². The largest absolute Gasteiger partial charge is 0.504 e. The third kappa shape index (κ3) is 2.65. The summed E-state index contributed by atoms with van der Waals surface area (Å²) in [6.45, 7) is 1.84. The minimum Gasteiger partial charge on any atom is -0.504 e. The number of hydrogen-bond acceptors (Lipinski definition) is 4. The van der Waals surface area contributed by atoms with E-state index >= 15 is 0 Å². The molecule has 1 rings (SSSR count). The Hall–Kier alpha value is -1.26. The fourth-order valence-electron chi connectivity index (χ4n) is 1.55. The molecular formula is C12H18O4. The van der Waals surface area contributed by atoms with E-state index in [2.05, 4.69) is 0 Å². The molecule has 0 aromatic heterocycles. The molecule has 0 aliphatic rings. The van der Waals surface area contributed by atoms with Gasteiger partial charge < -0.3 is 19.3 Å². The lowest BCUT2D eigenvalue weighted by Crippen LogP contribution is -2.16. The van der Waals surface area contributed by atoms with Crippen LogP contribution in [0.15, 0.2) is 12.1 Å². The Labute approximate surface area is 95.8 Å². The van der Waals surface area contributed by atoms with E-state index in [1.807, 2.05) is 13.0 Å². The summed E-state index contributed by atoms with van der Waals surface area (Å²) in [5.74, 6) is 0.651. The minimum atomic E-state index is -0.300. The van der Waals surface area contributed by atoms with Gasteiger partial charge in [-0.3, -0.25) is 0 Å². The first-order valence-electron chi connectivity index (χ1n) is 5.05. The van der Waals surface area contributed by atoms with Crippen LogP contribution >= 0.6 is 0 Å². The van der Waals surface area contributed by atoms with Crippen LogP contribution < -0.4 is 4.74 Å². The number of phenols is 1. The fourth-order valence-corrected chi connectivity index (χ4v) is 1.55. The van der Waals surface area contributed by atoms with E-state index in [1.165, 1.54) is 7.11 Å². The molecule has 90 valence electrons. The first-order chi connectivity index (χ1) is 7.63. The molecule has 0 bridgehead atoms. The van der Waals surface area contributed by atoms with Crippen molar-refractivity contribution in [3.63, 3.8) is 0 Å². The van der Waals surface area contributed by atoms with Crippen molar-refractivity contribution in [1.82, 2.24) is 0 Å². The molecule has 4 heteroatoms. The van der Waals surface area contributed by atoms with Gasteiger partial charge in [0, 0.05) is 20.6 Å². The summed E-state index contributed by atoms with van der Waals surface area (Å²) in [4.78, 5) is 0. The average molecular weight is 226 g/mol. The number of benzene rings is 1. The van der Waals surface area contributed by atoms with E-state index in [4.69, 9.17) is 14.2 Å². The van der Waals surface area contributed by atoms with Crippen molar-refractivity contribution in [1.29, 1.82) is 0 Å². The van der Waals surface area contributed by atoms with Gasteiger partial charge in [-0.2, -0.15) is 0 Å². The maximum absolute atomic E-state index is 9.83. The van der Waals surface area contributed by atoms with Gasteiger partial charge in [0.05, 0.1) is 7.11 Å². The Balaban J connectivity index is 2.94. The Morgan fingerprint density at radius 3 is 2.31 bits per heavy atom. The predicted molar refractivity (Wildman–Crippen MR) is 60.9 cm³/mol. The van der Waals surface area contributed by atoms with Crippen LogP contribution in [0.5, 0.6) is 11.5 Å². The number of hydrogen-bond donors (Lipinski definition) is 1. The number of rotatable bonds is 5. The number of aromatic hydroxyl groups is 1. The molecule has 16 heavy (non-hydrogen) atoms. The fraction of sp³-hybridized carbons (Fsp3) is 0.500. The molecule has 0 aliphatic carbocycles. The Morgan fingerprint density at radius 2 is 1.81 bits per heavy atom. The molecular weight excluding hydrogens is 208 g/mol. The lowest BCUT2D eigenvalue weighted by Gasteiger charge is -2.16. The molecule has 1 aromatic carbocycles. The lowest BCUT2D eigenvalue weighted by molar-refractivity contribution is -0.100. The summed E-state index contributed by atoms with van der Waals surface area (Å²) in [5.41, 5.74) is 1.77. The zero-order valence-corrected chi connectivity index (χ0v) is 10.1. The second-order valence-electron chi connectivity index (χ2n) is 3.51. The highest BCUT2D eigenvalue weighted by atomic mass is 16.7. The minimum absolute atomic E-state index is 0.172. The van der Waals surface area contributed by atoms with Crippen LogP contribution in [0.3, 0.4) is 0 Å². The van der Waals surface area contributed by atoms with Gasteiger partial charge in [-0.15, -0.1) is 0 Å². The first kappa shape index (κ1) is 12.8. The van der Waals surface area contributed by atoms with Gasteiger partial charge >= 0.3 is 0 Å². The summed E-state index contributed by atoms with van der Waals surface area (Å²) >= 11 is 0. The average Bonchev–Trinajstić information content (AvgIpc) is 2.31. The third-order valence-corrected chi connectivity index (χ3v) is 2.64. The molecule has 0 amide bonds. The molecule has 1 N–H and O–H groups in total. The van der Waals surface area contributed by atoms with Gasteiger partial charge in [0.15, 0.2) is 17.8 Å². The Kier molecular flexibility index (Phi) is 4.58. The lowest BCUT2D eigenvalue weighted by atomic mass is 10.0. The smallest absolute Gasteiger partial charge is 0.160 e. The van der Waals surface area contributed by atoms with E-state index in [0.29, 0.717) is 12.2 Å². The SMILES string of the molecule is COc1ccc(CC(OC)OC)c(C)c1O. The van der Waals surface area contributed by atoms with Crippen LogP contribution in [0, 0.1) is 6.92 Å². The Bertz CT molecular complexity index is 345. The number of phenolic OH excluding ortho intramolecular Hbond substituents is 1. The highest BCUT2D eigenvalue weighted by molar-refractivity contribution is 5.49. The van der Waals surface area contributed by atoms with Crippen molar-refractivity contribution >= 4 is 0 Å². The molecule has 1 aromatic rings. The van der Waals surface area contributed by atoms with E-state index < -0.39 is 0 Å². The normalized spacial score (nSPS) is 10.8. The van der Waals surface area contributed by atoms with Crippen LogP contribution in [-0.4, -0.2) is 32.7 Å². The molecule has 0 atom stereocenters. The summed E-state index contributed by atoms with van der Waals surface area (Å²) in [6.07, 6.45) is 0.294. The van der Waals surface area contributed by atoms with Gasteiger partial charge in [-0.05, 0) is 24.1 Å². The second kappa shape index (κ2) is 5.72. The predicted octanol–water partition coefficient (Wildman–Crippen LogP) is 1.87. The molecule has 0 saturated heterocycles. The molecule has 0 saturated carbocycles. The van der Waals surface area contributed by atoms with Crippen LogP contribution in [0.2, 0.25) is 0 Å². The summed E-state index contributed by atoms with van der Waals surface area (Å²) in [7, 11) is 4.71. The monoisotopic (exact) mass is 226 g/mol. The highest BCUT2D eigenvalue weighted by Gasteiger charge is 2.13. The van der Waals surface area contributed by atoms with E-state index in [9.17, 15) is 5.11 Å². The van der Waals surface area contributed by atoms with Gasteiger partial charge in [-0.25, -0.2) is 0 Å². The maximum atomic E-state index is 9.83. The number of methoxy groups -OCH3 is 3. The second-order valence-corrected chi connectivity index (χ2v) is 3.51. The van der Waals surface area contributed by atoms with Crippen molar-refractivity contribution < 1.29 is 19.3 Å². The molecule has 0 unspecified atom stereocenters. The molecule has 0 radical (unpaired) electrons. The first-order valence-corrected chi connectivity index (χ1v) is 5.05. The highest BCUT2D eigenvalue weighted by Crippen LogP contribution is 2.32. The Morgan fingerprint density at radius 1 is 1.19 bits per heavy atom. The van der Waals surface area contributed by atoms with Crippen LogP contribution in [0.25, 0.3) is 0 Å². The van der Waals surface area contributed by atoms with E-state index in [-0.39, 0.29) is 12.0 Å². The zero-order valence-electron chi connectivity index (χ0n) is 10.1. The molecule has 0 aliphatic heterocycles. The quantitative estimate of drug-likeness (QED) is 0.779. The molecule has 0 fully saturated rings. The summed E-state index contributed by atoms with van der Waals surface area (Å²) < 4.78 is 15.3. The standard InChI is InChI=1S/C12H18O4/c1-8-9(7-11(15-3)16-4)5-6-10(14-2)12(8)13/h5-6,11,13H,7H2,1-4H3. The van der Waals surface area contributed by atoms with Crippen LogP contribution in [0.4, 0.5) is 0 Å². The van der Waals surface area contributed by atoms with Crippen LogP contribution in [-0.2, 0) is 15.9 Å². The van der Waals surface area contributed by atoms with Gasteiger partial charge in [0.2, 0.25) is 0 Å². The molecule has 0 spiro atoms. The third-order valence-electron chi connectivity index (χ3n) is 2.64. The maximum Gasteiger partial charge on any atom is 0.160 e. The van der Waals surface area contributed by atoms with Gasteiger partial charge in [0.1, 0.15) is 0 Å². The molecule has 4 nitrogen and oxygen atoms in total. The van der Waals surface area contributed by atoms with Gasteiger partial charge in [0.25, 0.3) is 0 Å². The number of ether oxygens (including phenoxy) is 3. The summed E-state index contributed by atoms with van der Waals surface area (Å²) in [5, 5.41) is 9.83. The zero-order chi connectivity index (χ0) is 12.1. The molecule has 0 heterocycles. The van der Waals surface area contributed by atoms with E-state index in [0.717, 1.165) is 11.1 Å². The van der Waals surface area contributed by atoms with Crippen molar-refractivity contribution in [2.24, 2.45) is 0 Å². The van der Waals surface area contributed by atoms with Crippen molar-refractivity contribution in [3.05, 3.63) is 23.3 Å². The van der Waals surface area contributed by atoms with Crippen molar-refractivity contribution in [2.75, 3.05) is 21.3 Å². The van der Waals surface area contributed by atoms with Gasteiger partial charge in [-0.1, -0.05) is 6.07 Å². The summed E-state index contributed by atoms with van der Waals surface area (Å²) in [6, 6.07) is 3.64. The van der Waals surface area contributed by atoms with Crippen molar-refractivity contribution in [2.45, 2.75) is 19.6 Å². The van der Waals surface area contributed by atoms with Crippen LogP contribution in [0.1, 0.15) is 11.1 Å². The topological polar surface area (TPSA) is 47.9 Å².